The lowest BCUT2D eigenvalue weighted by Gasteiger charge is -2.22. The van der Waals surface area contributed by atoms with Gasteiger partial charge in [-0.25, -0.2) is 4.39 Å². The zero-order valence-electron chi connectivity index (χ0n) is 21.3. The highest BCUT2D eigenvalue weighted by Crippen LogP contribution is 2.46. The van der Waals surface area contributed by atoms with E-state index in [9.17, 15) is 9.18 Å². The third-order valence-corrected chi connectivity index (χ3v) is 7.42. The second-order valence-corrected chi connectivity index (χ2v) is 10.2. The summed E-state index contributed by atoms with van der Waals surface area (Å²) >= 11 is 0. The van der Waals surface area contributed by atoms with Crippen molar-refractivity contribution in [2.75, 3.05) is 25.1 Å². The number of carboxylic acid groups (broad SMARTS) is 1. The number of benzene rings is 2. The summed E-state index contributed by atoms with van der Waals surface area (Å²) in [7, 11) is 0. The minimum atomic E-state index is -0.771. The average Bonchev–Trinajstić information content (AvgIpc) is 3.70. The Bertz CT molecular complexity index is 1250. The van der Waals surface area contributed by atoms with E-state index in [4.69, 9.17) is 14.6 Å². The molecule has 2 aliphatic rings. The number of carbonyl (C=O) groups is 1. The molecule has 5 rings (SSSR count). The molecule has 37 heavy (non-hydrogen) atoms. The second-order valence-electron chi connectivity index (χ2n) is 10.2. The van der Waals surface area contributed by atoms with Crippen molar-refractivity contribution in [3.05, 3.63) is 76.9 Å². The zero-order valence-corrected chi connectivity index (χ0v) is 21.3. The van der Waals surface area contributed by atoms with E-state index in [0.717, 1.165) is 65.4 Å². The SMILES string of the molecule is Cc1cc(OCC2CCOCC2)cc(C)c1-c1ccc(F)c(CNc2ccc([C@H]3C[C@@H]3C(=O)O)nc2)c1. The van der Waals surface area contributed by atoms with Gasteiger partial charge in [0.2, 0.25) is 0 Å². The first kappa shape index (κ1) is 25.2. The van der Waals surface area contributed by atoms with Crippen molar-refractivity contribution < 1.29 is 23.8 Å². The molecule has 0 unspecified atom stereocenters. The van der Waals surface area contributed by atoms with Crippen LogP contribution < -0.4 is 10.1 Å². The highest BCUT2D eigenvalue weighted by Gasteiger charge is 2.45. The average molecular weight is 505 g/mol. The van der Waals surface area contributed by atoms with Gasteiger partial charge in [0.1, 0.15) is 11.6 Å². The monoisotopic (exact) mass is 504 g/mol. The molecule has 2 atom stereocenters. The number of hydrogen-bond donors (Lipinski definition) is 2. The van der Waals surface area contributed by atoms with Crippen LogP contribution in [0.2, 0.25) is 0 Å². The summed E-state index contributed by atoms with van der Waals surface area (Å²) < 4.78 is 26.2. The summed E-state index contributed by atoms with van der Waals surface area (Å²) in [4.78, 5) is 15.5. The largest absolute Gasteiger partial charge is 0.493 e. The summed E-state index contributed by atoms with van der Waals surface area (Å²) in [6.07, 6.45) is 4.39. The van der Waals surface area contributed by atoms with Crippen molar-refractivity contribution in [3.8, 4) is 16.9 Å². The number of nitrogens with zero attached hydrogens (tertiary/aromatic N) is 1. The minimum absolute atomic E-state index is 0.00852. The van der Waals surface area contributed by atoms with Crippen LogP contribution in [0.4, 0.5) is 10.1 Å². The molecule has 7 heteroatoms. The first-order valence-corrected chi connectivity index (χ1v) is 12.9. The van der Waals surface area contributed by atoms with Crippen LogP contribution in [0.5, 0.6) is 5.75 Å². The van der Waals surface area contributed by atoms with Gasteiger partial charge in [-0.1, -0.05) is 6.07 Å². The fourth-order valence-electron chi connectivity index (χ4n) is 5.18. The van der Waals surface area contributed by atoms with Gasteiger partial charge in [-0.05, 0) is 97.7 Å². The van der Waals surface area contributed by atoms with Crippen molar-refractivity contribution >= 4 is 11.7 Å². The van der Waals surface area contributed by atoms with Gasteiger partial charge in [0.15, 0.2) is 0 Å². The van der Waals surface area contributed by atoms with Gasteiger partial charge in [0.05, 0.1) is 24.4 Å². The van der Waals surface area contributed by atoms with Gasteiger partial charge in [0.25, 0.3) is 0 Å². The first-order valence-electron chi connectivity index (χ1n) is 12.9. The maximum absolute atomic E-state index is 14.7. The highest BCUT2D eigenvalue weighted by atomic mass is 19.1. The number of aromatic nitrogens is 1. The number of hydrogen-bond acceptors (Lipinski definition) is 5. The summed E-state index contributed by atoms with van der Waals surface area (Å²) in [5, 5.41) is 12.4. The molecule has 1 aliphatic carbocycles. The molecule has 1 saturated heterocycles. The molecular formula is C30H33FN2O4. The van der Waals surface area contributed by atoms with E-state index in [0.29, 0.717) is 31.1 Å². The molecule has 6 nitrogen and oxygen atoms in total. The van der Waals surface area contributed by atoms with Gasteiger partial charge in [-0.15, -0.1) is 0 Å². The molecule has 1 aliphatic heterocycles. The van der Waals surface area contributed by atoms with E-state index in [1.807, 2.05) is 24.3 Å². The molecule has 1 aromatic heterocycles. The Kier molecular flexibility index (Phi) is 7.42. The van der Waals surface area contributed by atoms with E-state index in [1.165, 1.54) is 6.07 Å². The van der Waals surface area contributed by atoms with E-state index in [1.54, 1.807) is 6.20 Å². The molecular weight excluding hydrogens is 471 g/mol. The molecule has 194 valence electrons. The molecule has 2 heterocycles. The minimum Gasteiger partial charge on any atom is -0.493 e. The van der Waals surface area contributed by atoms with Crippen LogP contribution >= 0.6 is 0 Å². The topological polar surface area (TPSA) is 80.7 Å². The third kappa shape index (κ3) is 5.93. The molecule has 2 aromatic carbocycles. The maximum atomic E-state index is 14.7. The molecule has 0 amide bonds. The molecule has 2 fully saturated rings. The Morgan fingerprint density at radius 2 is 1.89 bits per heavy atom. The van der Waals surface area contributed by atoms with Crippen LogP contribution in [0.1, 0.15) is 47.6 Å². The number of carboxylic acids is 1. The van der Waals surface area contributed by atoms with Crippen molar-refractivity contribution in [2.45, 2.75) is 45.6 Å². The number of pyridine rings is 1. The number of nitrogens with one attached hydrogen (secondary N) is 1. The van der Waals surface area contributed by atoms with Gasteiger partial charge < -0.3 is 19.9 Å². The lowest BCUT2D eigenvalue weighted by Crippen LogP contribution is -2.21. The number of halogens is 1. The van der Waals surface area contributed by atoms with E-state index < -0.39 is 5.97 Å². The van der Waals surface area contributed by atoms with Crippen molar-refractivity contribution in [3.63, 3.8) is 0 Å². The fraction of sp³-hybridized carbons (Fsp3) is 0.400. The Labute approximate surface area is 216 Å². The molecule has 2 N–H and O–H groups in total. The summed E-state index contributed by atoms with van der Waals surface area (Å²) in [5.74, 6) is 0.0179. The zero-order chi connectivity index (χ0) is 25.9. The van der Waals surface area contributed by atoms with Gasteiger partial charge in [0, 0.05) is 36.9 Å². The van der Waals surface area contributed by atoms with Crippen LogP contribution in [0.25, 0.3) is 11.1 Å². The maximum Gasteiger partial charge on any atom is 0.307 e. The highest BCUT2D eigenvalue weighted by molar-refractivity contribution is 5.75. The summed E-state index contributed by atoms with van der Waals surface area (Å²) in [6, 6.07) is 13.1. The van der Waals surface area contributed by atoms with Crippen molar-refractivity contribution in [1.29, 1.82) is 0 Å². The molecule has 3 aromatic rings. The lowest BCUT2D eigenvalue weighted by molar-refractivity contribution is -0.138. The Morgan fingerprint density at radius 3 is 2.54 bits per heavy atom. The lowest BCUT2D eigenvalue weighted by atomic mass is 9.94. The van der Waals surface area contributed by atoms with E-state index in [-0.39, 0.29) is 17.7 Å². The number of rotatable bonds is 9. The number of aliphatic carboxylic acids is 1. The van der Waals surface area contributed by atoms with Crippen LogP contribution in [0, 0.1) is 31.5 Å². The van der Waals surface area contributed by atoms with E-state index in [2.05, 4.69) is 36.3 Å². The molecule has 0 bridgehead atoms. The van der Waals surface area contributed by atoms with Crippen LogP contribution in [-0.4, -0.2) is 35.9 Å². The Balaban J connectivity index is 1.25. The van der Waals surface area contributed by atoms with Crippen LogP contribution in [0.15, 0.2) is 48.7 Å². The van der Waals surface area contributed by atoms with Crippen LogP contribution in [-0.2, 0) is 16.1 Å². The van der Waals surface area contributed by atoms with Crippen molar-refractivity contribution in [1.82, 2.24) is 4.98 Å². The predicted molar refractivity (Wildman–Crippen MR) is 140 cm³/mol. The van der Waals surface area contributed by atoms with E-state index >= 15 is 0 Å². The Morgan fingerprint density at radius 1 is 1.14 bits per heavy atom. The quantitative estimate of drug-likeness (QED) is 0.366. The number of ether oxygens (including phenoxy) is 2. The smallest absolute Gasteiger partial charge is 0.307 e. The number of aryl methyl sites for hydroxylation is 2. The Hall–Kier alpha value is -3.45. The number of anilines is 1. The normalized spacial score (nSPS) is 19.4. The molecule has 1 saturated carbocycles. The third-order valence-electron chi connectivity index (χ3n) is 7.42. The van der Waals surface area contributed by atoms with Crippen molar-refractivity contribution in [2.24, 2.45) is 11.8 Å². The molecule has 0 radical (unpaired) electrons. The standard InChI is InChI=1S/C30H33FN2O4/c1-18-11-24(37-17-20-7-9-36-10-8-20)12-19(2)29(18)21-3-5-27(31)22(13-21)15-32-23-4-6-28(33-16-23)25-14-26(25)30(34)35/h3-6,11-13,16,20,25-26,32H,7-10,14-15,17H2,1-2H3,(H,34,35)/t25-,26-/m0/s1. The first-order chi connectivity index (χ1) is 17.9. The van der Waals surface area contributed by atoms with Gasteiger partial charge in [-0.2, -0.15) is 0 Å². The summed E-state index contributed by atoms with van der Waals surface area (Å²) in [5.41, 5.74) is 6.35. The fourth-order valence-corrected chi connectivity index (χ4v) is 5.18. The van der Waals surface area contributed by atoms with Gasteiger partial charge >= 0.3 is 5.97 Å². The second kappa shape index (κ2) is 10.9. The predicted octanol–water partition coefficient (Wildman–Crippen LogP) is 6.11. The molecule has 0 spiro atoms. The van der Waals surface area contributed by atoms with Gasteiger partial charge in [-0.3, -0.25) is 9.78 Å². The van der Waals surface area contributed by atoms with Crippen LogP contribution in [0.3, 0.4) is 0 Å². The summed E-state index contributed by atoms with van der Waals surface area (Å²) in [6.45, 7) is 6.75.